The van der Waals surface area contributed by atoms with E-state index in [1.54, 1.807) is 12.4 Å². The average molecular weight is 502 g/mol. The van der Waals surface area contributed by atoms with Crippen molar-refractivity contribution in [2.75, 3.05) is 0 Å². The molecular weight excluding hydrogens is 478 g/mol. The molecule has 5 heteroatoms. The topological polar surface area (TPSA) is 56.5 Å². The van der Waals surface area contributed by atoms with Gasteiger partial charge >= 0.3 is 0 Å². The van der Waals surface area contributed by atoms with Crippen LogP contribution < -0.4 is 0 Å². The second kappa shape index (κ2) is 9.80. The van der Waals surface area contributed by atoms with E-state index in [-0.39, 0.29) is 0 Å². The third-order valence-electron chi connectivity index (χ3n) is 6.78. The number of pyridine rings is 1. The van der Waals surface area contributed by atoms with Crippen LogP contribution in [0.1, 0.15) is 0 Å². The monoisotopic (exact) mass is 501 g/mol. The van der Waals surface area contributed by atoms with Crippen molar-refractivity contribution < 1.29 is 0 Å². The third-order valence-corrected chi connectivity index (χ3v) is 6.78. The van der Waals surface area contributed by atoms with Gasteiger partial charge in [-0.05, 0) is 42.0 Å². The molecule has 0 aliphatic heterocycles. The molecule has 0 fully saturated rings. The molecule has 4 aromatic carbocycles. The van der Waals surface area contributed by atoms with Crippen LogP contribution in [0.15, 0.2) is 140 Å². The van der Waals surface area contributed by atoms with E-state index in [9.17, 15) is 0 Å². The average Bonchev–Trinajstić information content (AvgIpc) is 3.42. The van der Waals surface area contributed by atoms with Gasteiger partial charge < -0.3 is 4.57 Å². The standard InChI is InChI=1S/C34H23N5/c1-3-10-24(11-4-1)32-36-33(25-18-20-35-21-19-25)38-34(37-32)27-13-9-12-26(22-27)30-23-39(28-14-5-2-6-15-28)31-17-8-7-16-29(30)31/h1-23H. The summed E-state index contributed by atoms with van der Waals surface area (Å²) >= 11 is 0. The normalized spacial score (nSPS) is 11.1. The van der Waals surface area contributed by atoms with Gasteiger partial charge in [-0.1, -0.05) is 84.9 Å². The molecule has 5 nitrogen and oxygen atoms in total. The highest BCUT2D eigenvalue weighted by Crippen LogP contribution is 2.34. The Kier molecular flexibility index (Phi) is 5.72. The number of fused-ring (bicyclic) bond motifs is 1. The largest absolute Gasteiger partial charge is 0.316 e. The van der Waals surface area contributed by atoms with Crippen LogP contribution in [0.25, 0.3) is 61.9 Å². The van der Waals surface area contributed by atoms with Gasteiger partial charge in [-0.2, -0.15) is 0 Å². The maximum Gasteiger partial charge on any atom is 0.164 e. The lowest BCUT2D eigenvalue weighted by Crippen LogP contribution is -2.00. The number of hydrogen-bond acceptors (Lipinski definition) is 4. The summed E-state index contributed by atoms with van der Waals surface area (Å²) in [6, 6.07) is 41.2. The van der Waals surface area contributed by atoms with E-state index < -0.39 is 0 Å². The summed E-state index contributed by atoms with van der Waals surface area (Å²) in [5.41, 5.74) is 7.32. The third kappa shape index (κ3) is 4.36. The summed E-state index contributed by atoms with van der Waals surface area (Å²) in [6.07, 6.45) is 5.72. The first-order valence-corrected chi connectivity index (χ1v) is 12.8. The smallest absolute Gasteiger partial charge is 0.164 e. The summed E-state index contributed by atoms with van der Waals surface area (Å²) in [4.78, 5) is 18.8. The van der Waals surface area contributed by atoms with Crippen molar-refractivity contribution in [3.05, 3.63) is 140 Å². The van der Waals surface area contributed by atoms with Gasteiger partial charge in [0, 0.05) is 51.9 Å². The van der Waals surface area contributed by atoms with E-state index >= 15 is 0 Å². The molecule has 3 heterocycles. The molecule has 39 heavy (non-hydrogen) atoms. The Hall–Kier alpha value is -5.42. The predicted octanol–water partition coefficient (Wildman–Crippen LogP) is 7.88. The van der Waals surface area contributed by atoms with Crippen LogP contribution in [-0.2, 0) is 0 Å². The van der Waals surface area contributed by atoms with Crippen LogP contribution in [0.4, 0.5) is 0 Å². The Bertz CT molecular complexity index is 1840. The number of rotatable bonds is 5. The molecule has 0 unspecified atom stereocenters. The highest BCUT2D eigenvalue weighted by Gasteiger charge is 2.15. The summed E-state index contributed by atoms with van der Waals surface area (Å²) in [6.45, 7) is 0. The SMILES string of the molecule is c1ccc(-c2nc(-c3ccncc3)nc(-c3cccc(-c4cn(-c5ccccc5)c5ccccc45)c3)n2)cc1. The fourth-order valence-corrected chi connectivity index (χ4v) is 4.89. The summed E-state index contributed by atoms with van der Waals surface area (Å²) in [5.74, 6) is 1.88. The predicted molar refractivity (Wildman–Crippen MR) is 156 cm³/mol. The number of aromatic nitrogens is 5. The minimum Gasteiger partial charge on any atom is -0.316 e. The van der Waals surface area contributed by atoms with Crippen molar-refractivity contribution in [1.82, 2.24) is 24.5 Å². The Morgan fingerprint density at radius 1 is 0.462 bits per heavy atom. The molecule has 0 saturated carbocycles. The molecule has 0 aliphatic carbocycles. The minimum atomic E-state index is 0.618. The molecule has 0 bridgehead atoms. The number of para-hydroxylation sites is 2. The second-order valence-corrected chi connectivity index (χ2v) is 9.25. The van der Waals surface area contributed by atoms with Crippen LogP contribution in [0, 0.1) is 0 Å². The molecule has 7 aromatic rings. The van der Waals surface area contributed by atoms with Crippen molar-refractivity contribution in [3.8, 4) is 51.0 Å². The van der Waals surface area contributed by atoms with Crippen molar-refractivity contribution in [1.29, 1.82) is 0 Å². The van der Waals surface area contributed by atoms with Gasteiger partial charge in [-0.15, -0.1) is 0 Å². The van der Waals surface area contributed by atoms with Crippen LogP contribution in [0.2, 0.25) is 0 Å². The highest BCUT2D eigenvalue weighted by atomic mass is 15.0. The fourth-order valence-electron chi connectivity index (χ4n) is 4.89. The second-order valence-electron chi connectivity index (χ2n) is 9.25. The summed E-state index contributed by atoms with van der Waals surface area (Å²) < 4.78 is 2.25. The van der Waals surface area contributed by atoms with E-state index in [0.717, 1.165) is 39.0 Å². The molecular formula is C34H23N5. The maximum absolute atomic E-state index is 4.91. The zero-order chi connectivity index (χ0) is 26.0. The Balaban J connectivity index is 1.39. The molecule has 0 spiro atoms. The zero-order valence-corrected chi connectivity index (χ0v) is 21.0. The molecule has 0 saturated heterocycles. The first-order valence-electron chi connectivity index (χ1n) is 12.8. The van der Waals surface area contributed by atoms with Gasteiger partial charge in [-0.3, -0.25) is 4.98 Å². The van der Waals surface area contributed by atoms with Crippen molar-refractivity contribution >= 4 is 10.9 Å². The van der Waals surface area contributed by atoms with Crippen LogP contribution >= 0.6 is 0 Å². The van der Waals surface area contributed by atoms with E-state index in [4.69, 9.17) is 15.0 Å². The van der Waals surface area contributed by atoms with Crippen molar-refractivity contribution in [2.45, 2.75) is 0 Å². The van der Waals surface area contributed by atoms with E-state index in [0.29, 0.717) is 17.5 Å². The van der Waals surface area contributed by atoms with Crippen molar-refractivity contribution in [3.63, 3.8) is 0 Å². The Morgan fingerprint density at radius 3 is 1.77 bits per heavy atom. The van der Waals surface area contributed by atoms with Gasteiger partial charge in [0.15, 0.2) is 17.5 Å². The fraction of sp³-hybridized carbons (Fsp3) is 0. The summed E-state index contributed by atoms with van der Waals surface area (Å²) in [5, 5.41) is 1.19. The van der Waals surface area contributed by atoms with Crippen molar-refractivity contribution in [2.24, 2.45) is 0 Å². The molecule has 0 N–H and O–H groups in total. The summed E-state index contributed by atoms with van der Waals surface area (Å²) in [7, 11) is 0. The van der Waals surface area contributed by atoms with E-state index in [1.165, 1.54) is 5.39 Å². The zero-order valence-electron chi connectivity index (χ0n) is 21.0. The molecule has 0 atom stereocenters. The minimum absolute atomic E-state index is 0.618. The van der Waals surface area contributed by atoms with Crippen LogP contribution in [0.5, 0.6) is 0 Å². The van der Waals surface area contributed by atoms with E-state index in [2.05, 4.69) is 88.5 Å². The van der Waals surface area contributed by atoms with Gasteiger partial charge in [0.05, 0.1) is 5.52 Å². The molecule has 7 rings (SSSR count). The van der Waals surface area contributed by atoms with Gasteiger partial charge in [0.25, 0.3) is 0 Å². The van der Waals surface area contributed by atoms with Crippen LogP contribution in [-0.4, -0.2) is 24.5 Å². The lowest BCUT2D eigenvalue weighted by Gasteiger charge is -2.09. The number of hydrogen-bond donors (Lipinski definition) is 0. The Morgan fingerprint density at radius 2 is 1.03 bits per heavy atom. The number of benzene rings is 4. The lowest BCUT2D eigenvalue weighted by atomic mass is 10.0. The maximum atomic E-state index is 4.91. The van der Waals surface area contributed by atoms with E-state index in [1.807, 2.05) is 48.5 Å². The molecule has 0 amide bonds. The van der Waals surface area contributed by atoms with Gasteiger partial charge in [0.1, 0.15) is 0 Å². The van der Waals surface area contributed by atoms with Crippen LogP contribution in [0.3, 0.4) is 0 Å². The molecule has 3 aromatic heterocycles. The molecule has 184 valence electrons. The lowest BCUT2D eigenvalue weighted by molar-refractivity contribution is 1.07. The molecule has 0 radical (unpaired) electrons. The number of nitrogens with zero attached hydrogens (tertiary/aromatic N) is 5. The Labute approximate surface area is 226 Å². The van der Waals surface area contributed by atoms with Gasteiger partial charge in [0.2, 0.25) is 0 Å². The first kappa shape index (κ1) is 22.8. The molecule has 0 aliphatic rings. The quantitative estimate of drug-likeness (QED) is 0.241. The first-order chi connectivity index (χ1) is 19.3. The highest BCUT2D eigenvalue weighted by molar-refractivity contribution is 5.97. The van der Waals surface area contributed by atoms with Gasteiger partial charge in [-0.25, -0.2) is 15.0 Å².